The fraction of sp³-hybridized carbons (Fsp3) is 1.00. The predicted molar refractivity (Wildman–Crippen MR) is 56.8 cm³/mol. The molecule has 15 heavy (non-hydrogen) atoms. The molecule has 0 radical (unpaired) electrons. The lowest BCUT2D eigenvalue weighted by molar-refractivity contribution is -0.168. The molecule has 2 fully saturated rings. The number of rotatable bonds is 3. The van der Waals surface area contributed by atoms with Crippen LogP contribution in [0.15, 0.2) is 0 Å². The van der Waals surface area contributed by atoms with E-state index in [-0.39, 0.29) is 5.60 Å². The number of ether oxygens (including phenoxy) is 3. The summed E-state index contributed by atoms with van der Waals surface area (Å²) < 4.78 is 17.0. The maximum Gasteiger partial charge on any atom is 0.0751 e. The van der Waals surface area contributed by atoms with E-state index in [0.29, 0.717) is 19.3 Å². The minimum absolute atomic E-state index is 0.0375. The van der Waals surface area contributed by atoms with Crippen LogP contribution >= 0.6 is 0 Å². The largest absolute Gasteiger partial charge is 0.381 e. The Morgan fingerprint density at radius 2 is 2.07 bits per heavy atom. The average Bonchev–Trinajstić information content (AvgIpc) is 2.28. The summed E-state index contributed by atoms with van der Waals surface area (Å²) in [6.07, 6.45) is 4.37. The maximum absolute atomic E-state index is 5.93. The molecule has 0 aliphatic carbocycles. The predicted octanol–water partition coefficient (Wildman–Crippen LogP) is 0.690. The third-order valence-corrected chi connectivity index (χ3v) is 3.32. The van der Waals surface area contributed by atoms with Crippen LogP contribution in [0.3, 0.4) is 0 Å². The Balaban J connectivity index is 1.85. The van der Waals surface area contributed by atoms with Crippen molar-refractivity contribution in [3.05, 3.63) is 0 Å². The summed E-state index contributed by atoms with van der Waals surface area (Å²) >= 11 is 0. The van der Waals surface area contributed by atoms with E-state index >= 15 is 0 Å². The van der Waals surface area contributed by atoms with E-state index in [1.165, 1.54) is 0 Å². The molecule has 0 aromatic rings. The highest BCUT2D eigenvalue weighted by atomic mass is 16.5. The first-order chi connectivity index (χ1) is 7.35. The Labute approximate surface area is 91.1 Å². The van der Waals surface area contributed by atoms with Gasteiger partial charge in [-0.25, -0.2) is 0 Å². The van der Waals surface area contributed by atoms with Crippen molar-refractivity contribution in [3.8, 4) is 0 Å². The third-order valence-electron chi connectivity index (χ3n) is 3.32. The highest BCUT2D eigenvalue weighted by Gasteiger charge is 2.39. The van der Waals surface area contributed by atoms with E-state index in [9.17, 15) is 0 Å². The van der Waals surface area contributed by atoms with E-state index < -0.39 is 0 Å². The highest BCUT2D eigenvalue weighted by Crippen LogP contribution is 2.35. The van der Waals surface area contributed by atoms with E-state index in [0.717, 1.165) is 45.5 Å². The molecule has 0 aromatic heterocycles. The van der Waals surface area contributed by atoms with Crippen LogP contribution in [0.25, 0.3) is 0 Å². The van der Waals surface area contributed by atoms with Gasteiger partial charge in [0.2, 0.25) is 0 Å². The summed E-state index contributed by atoms with van der Waals surface area (Å²) in [6.45, 7) is 3.73. The summed E-state index contributed by atoms with van der Waals surface area (Å²) in [5.74, 6) is 0. The van der Waals surface area contributed by atoms with Crippen molar-refractivity contribution in [2.45, 2.75) is 37.4 Å². The molecule has 0 aromatic carbocycles. The Hall–Kier alpha value is -0.160. The second-order valence-corrected chi connectivity index (χ2v) is 4.42. The number of hydrogen-bond donors (Lipinski definition) is 1. The first kappa shape index (κ1) is 11.3. The number of hydrogen-bond acceptors (Lipinski definition) is 4. The zero-order valence-corrected chi connectivity index (χ0v) is 9.24. The molecule has 2 heterocycles. The molecular weight excluding hydrogens is 194 g/mol. The summed E-state index contributed by atoms with van der Waals surface area (Å²) in [4.78, 5) is 0. The van der Waals surface area contributed by atoms with Gasteiger partial charge >= 0.3 is 0 Å². The lowest BCUT2D eigenvalue weighted by Gasteiger charge is -2.43. The standard InChI is InChI=1S/C11H21NO3/c12-4-8-14-10-1-5-15-11(9-10)2-6-13-7-3-11/h10H,1-9,12H2. The van der Waals surface area contributed by atoms with Crippen LogP contribution in [0.4, 0.5) is 0 Å². The Morgan fingerprint density at radius 1 is 1.27 bits per heavy atom. The topological polar surface area (TPSA) is 53.7 Å². The van der Waals surface area contributed by atoms with Crippen LogP contribution < -0.4 is 5.73 Å². The molecule has 1 spiro atoms. The lowest BCUT2D eigenvalue weighted by atomic mass is 9.85. The van der Waals surface area contributed by atoms with Crippen LogP contribution in [-0.4, -0.2) is 44.7 Å². The first-order valence-electron chi connectivity index (χ1n) is 5.88. The van der Waals surface area contributed by atoms with Gasteiger partial charge in [-0.3, -0.25) is 0 Å². The lowest BCUT2D eigenvalue weighted by Crippen LogP contribution is -2.46. The zero-order valence-electron chi connectivity index (χ0n) is 9.24. The highest BCUT2D eigenvalue weighted by molar-refractivity contribution is 4.89. The molecule has 1 atom stereocenters. The second-order valence-electron chi connectivity index (χ2n) is 4.42. The van der Waals surface area contributed by atoms with Crippen molar-refractivity contribution in [1.29, 1.82) is 0 Å². The Morgan fingerprint density at radius 3 is 2.80 bits per heavy atom. The molecule has 2 saturated heterocycles. The minimum atomic E-state index is 0.0375. The molecular formula is C11H21NO3. The summed E-state index contributed by atoms with van der Waals surface area (Å²) in [5, 5.41) is 0. The van der Waals surface area contributed by atoms with Crippen LogP contribution in [0, 0.1) is 0 Å². The van der Waals surface area contributed by atoms with E-state index in [2.05, 4.69) is 0 Å². The fourth-order valence-electron chi connectivity index (χ4n) is 2.45. The zero-order chi connectivity index (χ0) is 10.6. The molecule has 1 unspecified atom stereocenters. The van der Waals surface area contributed by atoms with Crippen LogP contribution in [-0.2, 0) is 14.2 Å². The molecule has 0 amide bonds. The van der Waals surface area contributed by atoms with E-state index in [4.69, 9.17) is 19.9 Å². The average molecular weight is 215 g/mol. The van der Waals surface area contributed by atoms with E-state index in [1.54, 1.807) is 0 Å². The molecule has 2 aliphatic rings. The van der Waals surface area contributed by atoms with Crippen molar-refractivity contribution < 1.29 is 14.2 Å². The van der Waals surface area contributed by atoms with Crippen LogP contribution in [0.5, 0.6) is 0 Å². The van der Waals surface area contributed by atoms with Crippen molar-refractivity contribution in [1.82, 2.24) is 0 Å². The molecule has 4 nitrogen and oxygen atoms in total. The molecule has 2 aliphatic heterocycles. The van der Waals surface area contributed by atoms with Gasteiger partial charge in [-0.05, 0) is 19.3 Å². The normalized spacial score (nSPS) is 30.6. The van der Waals surface area contributed by atoms with Gasteiger partial charge in [0, 0.05) is 32.8 Å². The van der Waals surface area contributed by atoms with Gasteiger partial charge < -0.3 is 19.9 Å². The third kappa shape index (κ3) is 2.91. The van der Waals surface area contributed by atoms with Crippen molar-refractivity contribution in [2.75, 3.05) is 33.0 Å². The smallest absolute Gasteiger partial charge is 0.0751 e. The van der Waals surface area contributed by atoms with Gasteiger partial charge in [0.1, 0.15) is 0 Å². The Bertz CT molecular complexity index is 187. The van der Waals surface area contributed by atoms with Gasteiger partial charge in [-0.2, -0.15) is 0 Å². The molecule has 88 valence electrons. The van der Waals surface area contributed by atoms with Gasteiger partial charge in [0.05, 0.1) is 18.3 Å². The summed E-state index contributed by atoms with van der Waals surface area (Å²) in [5.41, 5.74) is 5.48. The van der Waals surface area contributed by atoms with Crippen molar-refractivity contribution in [2.24, 2.45) is 5.73 Å². The SMILES string of the molecule is NCCOC1CCOC2(CCOCC2)C1. The van der Waals surface area contributed by atoms with Gasteiger partial charge in [-0.15, -0.1) is 0 Å². The monoisotopic (exact) mass is 215 g/mol. The number of nitrogens with two attached hydrogens (primary N) is 1. The van der Waals surface area contributed by atoms with Crippen molar-refractivity contribution in [3.63, 3.8) is 0 Å². The molecule has 0 saturated carbocycles. The van der Waals surface area contributed by atoms with Gasteiger partial charge in [-0.1, -0.05) is 0 Å². The van der Waals surface area contributed by atoms with E-state index in [1.807, 2.05) is 0 Å². The molecule has 2 N–H and O–H groups in total. The maximum atomic E-state index is 5.93. The van der Waals surface area contributed by atoms with Gasteiger partial charge in [0.15, 0.2) is 0 Å². The Kier molecular flexibility index (Phi) is 3.97. The second kappa shape index (κ2) is 5.25. The molecule has 4 heteroatoms. The summed E-state index contributed by atoms with van der Waals surface area (Å²) in [7, 11) is 0. The first-order valence-corrected chi connectivity index (χ1v) is 5.88. The quantitative estimate of drug-likeness (QED) is 0.752. The van der Waals surface area contributed by atoms with Crippen molar-refractivity contribution >= 4 is 0 Å². The van der Waals surface area contributed by atoms with Crippen LogP contribution in [0.1, 0.15) is 25.7 Å². The molecule has 2 rings (SSSR count). The minimum Gasteiger partial charge on any atom is -0.381 e. The van der Waals surface area contributed by atoms with Gasteiger partial charge in [0.25, 0.3) is 0 Å². The molecule has 0 bridgehead atoms. The summed E-state index contributed by atoms with van der Waals surface area (Å²) in [6, 6.07) is 0. The van der Waals surface area contributed by atoms with Crippen LogP contribution in [0.2, 0.25) is 0 Å². The fourth-order valence-corrected chi connectivity index (χ4v) is 2.45.